The monoisotopic (exact) mass is 428 g/mol. The SMILES string of the molecule is Cc1ccc(/N=N/c2ccc(OC(=O)c3ccc(B4OCCCO4)cc3)c(C)c2C)cc1. The largest absolute Gasteiger partial charge is 0.493 e. The second-order valence-corrected chi connectivity index (χ2v) is 7.81. The molecule has 0 N–H and O–H groups in total. The fourth-order valence-corrected chi connectivity index (χ4v) is 3.34. The highest BCUT2D eigenvalue weighted by atomic mass is 16.6. The normalized spacial score (nSPS) is 14.0. The van der Waals surface area contributed by atoms with Crippen LogP contribution in [0.15, 0.2) is 70.9 Å². The molecule has 0 unspecified atom stereocenters. The van der Waals surface area contributed by atoms with Crippen LogP contribution in [0.3, 0.4) is 0 Å². The zero-order chi connectivity index (χ0) is 22.5. The van der Waals surface area contributed by atoms with Crippen molar-refractivity contribution in [2.24, 2.45) is 10.2 Å². The molecule has 1 saturated heterocycles. The smallest absolute Gasteiger partial charge is 0.423 e. The summed E-state index contributed by atoms with van der Waals surface area (Å²) < 4.78 is 16.9. The molecule has 0 atom stereocenters. The molecule has 0 radical (unpaired) electrons. The molecule has 3 aromatic carbocycles. The van der Waals surface area contributed by atoms with Crippen LogP contribution in [0.4, 0.5) is 11.4 Å². The second-order valence-electron chi connectivity index (χ2n) is 7.81. The van der Waals surface area contributed by atoms with Gasteiger partial charge in [-0.05, 0) is 80.2 Å². The van der Waals surface area contributed by atoms with Crippen LogP contribution in [0.5, 0.6) is 5.75 Å². The van der Waals surface area contributed by atoms with Crippen molar-refractivity contribution < 1.29 is 18.8 Å². The van der Waals surface area contributed by atoms with Crippen LogP contribution >= 0.6 is 0 Å². The molecule has 4 rings (SSSR count). The van der Waals surface area contributed by atoms with E-state index in [0.29, 0.717) is 24.5 Å². The summed E-state index contributed by atoms with van der Waals surface area (Å²) in [5.74, 6) is 0.0865. The van der Waals surface area contributed by atoms with Gasteiger partial charge in [0.25, 0.3) is 0 Å². The highest BCUT2D eigenvalue weighted by Crippen LogP contribution is 2.31. The lowest BCUT2D eigenvalue weighted by molar-refractivity contribution is 0.0733. The number of esters is 1. The summed E-state index contributed by atoms with van der Waals surface area (Å²) in [6, 6.07) is 18.5. The van der Waals surface area contributed by atoms with Gasteiger partial charge in [-0.2, -0.15) is 10.2 Å². The number of nitrogens with zero attached hydrogens (tertiary/aromatic N) is 2. The molecular formula is C25H25BN2O4. The van der Waals surface area contributed by atoms with Crippen LogP contribution in [-0.2, 0) is 9.31 Å². The van der Waals surface area contributed by atoms with Gasteiger partial charge in [-0.15, -0.1) is 0 Å². The van der Waals surface area contributed by atoms with Crippen molar-refractivity contribution >= 4 is 29.9 Å². The Morgan fingerprint density at radius 1 is 0.844 bits per heavy atom. The van der Waals surface area contributed by atoms with Crippen molar-refractivity contribution in [2.75, 3.05) is 13.2 Å². The van der Waals surface area contributed by atoms with E-state index in [-0.39, 0.29) is 7.12 Å². The Hall–Kier alpha value is -3.29. The number of azo groups is 1. The summed E-state index contributed by atoms with van der Waals surface area (Å²) in [6.45, 7) is 7.22. The van der Waals surface area contributed by atoms with Crippen molar-refractivity contribution in [1.82, 2.24) is 0 Å². The van der Waals surface area contributed by atoms with Crippen LogP contribution in [0, 0.1) is 20.8 Å². The van der Waals surface area contributed by atoms with E-state index in [1.807, 2.05) is 63.2 Å². The summed E-state index contributed by atoms with van der Waals surface area (Å²) in [5, 5.41) is 8.66. The summed E-state index contributed by atoms with van der Waals surface area (Å²) in [6.07, 6.45) is 0.895. The molecule has 1 fully saturated rings. The van der Waals surface area contributed by atoms with E-state index in [1.165, 1.54) is 5.56 Å². The molecule has 1 aliphatic heterocycles. The van der Waals surface area contributed by atoms with Gasteiger partial charge in [0.2, 0.25) is 0 Å². The average molecular weight is 428 g/mol. The standard InChI is InChI=1S/C25H25BN2O4/c1-17-5-11-22(12-6-17)27-28-23-13-14-24(19(3)18(23)2)32-25(29)20-7-9-21(10-8-20)26-30-15-4-16-31-26/h5-14H,4,15-16H2,1-3H3/b28-27+. The Labute approximate surface area is 188 Å². The highest BCUT2D eigenvalue weighted by molar-refractivity contribution is 6.61. The molecule has 1 aliphatic rings. The molecule has 0 aromatic heterocycles. The van der Waals surface area contributed by atoms with E-state index in [4.69, 9.17) is 14.0 Å². The van der Waals surface area contributed by atoms with Crippen molar-refractivity contribution in [1.29, 1.82) is 0 Å². The highest BCUT2D eigenvalue weighted by Gasteiger charge is 2.24. The lowest BCUT2D eigenvalue weighted by Gasteiger charge is -2.19. The molecule has 32 heavy (non-hydrogen) atoms. The quantitative estimate of drug-likeness (QED) is 0.237. The average Bonchev–Trinajstić information content (AvgIpc) is 2.83. The number of hydrogen-bond acceptors (Lipinski definition) is 6. The fraction of sp³-hybridized carbons (Fsp3) is 0.240. The summed E-state index contributed by atoms with van der Waals surface area (Å²) >= 11 is 0. The minimum atomic E-state index is -0.418. The van der Waals surface area contributed by atoms with E-state index in [1.54, 1.807) is 18.2 Å². The van der Waals surface area contributed by atoms with Gasteiger partial charge in [-0.3, -0.25) is 0 Å². The zero-order valence-electron chi connectivity index (χ0n) is 18.5. The number of benzene rings is 3. The molecule has 6 nitrogen and oxygen atoms in total. The van der Waals surface area contributed by atoms with Crippen molar-refractivity contribution in [3.63, 3.8) is 0 Å². The first-order chi connectivity index (χ1) is 15.5. The number of ether oxygens (including phenoxy) is 1. The predicted octanol–water partition coefficient (Wildman–Crippen LogP) is 5.38. The maximum atomic E-state index is 12.7. The van der Waals surface area contributed by atoms with Crippen LogP contribution < -0.4 is 10.2 Å². The second kappa shape index (κ2) is 9.89. The molecule has 0 saturated carbocycles. The number of carbonyl (C=O) groups is 1. The molecule has 0 bridgehead atoms. The first kappa shape index (κ1) is 21.9. The number of carbonyl (C=O) groups excluding carboxylic acids is 1. The topological polar surface area (TPSA) is 69.5 Å². The lowest BCUT2D eigenvalue weighted by Crippen LogP contribution is -2.40. The van der Waals surface area contributed by atoms with Gasteiger partial charge < -0.3 is 14.0 Å². The Kier molecular flexibility index (Phi) is 6.78. The van der Waals surface area contributed by atoms with Gasteiger partial charge in [0.15, 0.2) is 0 Å². The van der Waals surface area contributed by atoms with Gasteiger partial charge >= 0.3 is 13.1 Å². The first-order valence-corrected chi connectivity index (χ1v) is 10.7. The van der Waals surface area contributed by atoms with E-state index in [9.17, 15) is 4.79 Å². The molecular weight excluding hydrogens is 403 g/mol. The minimum Gasteiger partial charge on any atom is -0.423 e. The van der Waals surface area contributed by atoms with Crippen molar-refractivity contribution in [3.05, 3.63) is 82.9 Å². The predicted molar refractivity (Wildman–Crippen MR) is 125 cm³/mol. The molecule has 0 spiro atoms. The van der Waals surface area contributed by atoms with Gasteiger partial charge in [0, 0.05) is 13.2 Å². The summed E-state index contributed by atoms with van der Waals surface area (Å²) in [7, 11) is -0.375. The van der Waals surface area contributed by atoms with Crippen LogP contribution in [0.2, 0.25) is 0 Å². The van der Waals surface area contributed by atoms with Crippen molar-refractivity contribution in [2.45, 2.75) is 27.2 Å². The van der Waals surface area contributed by atoms with E-state index < -0.39 is 5.97 Å². The molecule has 162 valence electrons. The molecule has 3 aromatic rings. The number of aryl methyl sites for hydroxylation is 1. The number of hydrogen-bond donors (Lipinski definition) is 0. The minimum absolute atomic E-state index is 0.375. The van der Waals surface area contributed by atoms with Gasteiger partial charge in [0.1, 0.15) is 5.75 Å². The third-order valence-electron chi connectivity index (χ3n) is 5.46. The van der Waals surface area contributed by atoms with Gasteiger partial charge in [-0.25, -0.2) is 4.79 Å². The molecule has 0 aliphatic carbocycles. The Morgan fingerprint density at radius 2 is 1.53 bits per heavy atom. The molecule has 7 heteroatoms. The fourth-order valence-electron chi connectivity index (χ4n) is 3.34. The van der Waals surface area contributed by atoms with E-state index in [2.05, 4.69) is 10.2 Å². The van der Waals surface area contributed by atoms with Crippen LogP contribution in [0.1, 0.15) is 33.5 Å². The summed E-state index contributed by atoms with van der Waals surface area (Å²) in [5.41, 5.74) is 5.80. The summed E-state index contributed by atoms with van der Waals surface area (Å²) in [4.78, 5) is 12.7. The third-order valence-corrected chi connectivity index (χ3v) is 5.46. The van der Waals surface area contributed by atoms with E-state index >= 15 is 0 Å². The van der Waals surface area contributed by atoms with Gasteiger partial charge in [-0.1, -0.05) is 29.8 Å². The maximum Gasteiger partial charge on any atom is 0.493 e. The first-order valence-electron chi connectivity index (χ1n) is 10.7. The van der Waals surface area contributed by atoms with Gasteiger partial charge in [0.05, 0.1) is 16.9 Å². The molecule has 1 heterocycles. The van der Waals surface area contributed by atoms with Crippen LogP contribution in [-0.4, -0.2) is 26.3 Å². The Morgan fingerprint density at radius 3 is 2.22 bits per heavy atom. The molecule has 0 amide bonds. The van der Waals surface area contributed by atoms with Crippen molar-refractivity contribution in [3.8, 4) is 5.75 Å². The Bertz CT molecular complexity index is 1120. The number of rotatable bonds is 5. The zero-order valence-corrected chi connectivity index (χ0v) is 18.5. The maximum absolute atomic E-state index is 12.7. The van der Waals surface area contributed by atoms with Crippen LogP contribution in [0.25, 0.3) is 0 Å². The Balaban J connectivity index is 1.45. The van der Waals surface area contributed by atoms with E-state index in [0.717, 1.165) is 34.4 Å². The third kappa shape index (κ3) is 5.12. The lowest BCUT2D eigenvalue weighted by atomic mass is 9.78.